The molecule has 3 aromatic rings. The maximum atomic E-state index is 13.2. The molecule has 7 nitrogen and oxygen atoms in total. The van der Waals surface area contributed by atoms with Crippen molar-refractivity contribution in [2.45, 2.75) is 31.6 Å². The molecular formula is C22H18F3N5O2. The fourth-order valence-electron chi connectivity index (χ4n) is 3.68. The van der Waals surface area contributed by atoms with Crippen LogP contribution in [0.1, 0.15) is 46.1 Å². The van der Waals surface area contributed by atoms with Crippen molar-refractivity contribution in [1.29, 1.82) is 5.26 Å². The Labute approximate surface area is 181 Å². The van der Waals surface area contributed by atoms with Crippen LogP contribution in [-0.2, 0) is 12.7 Å². The Kier molecular flexibility index (Phi) is 5.57. The molecule has 4 rings (SSSR count). The molecule has 0 radical (unpaired) electrons. The van der Waals surface area contributed by atoms with Crippen LogP contribution in [0.15, 0.2) is 42.6 Å². The van der Waals surface area contributed by atoms with Crippen LogP contribution in [0.4, 0.5) is 13.2 Å². The van der Waals surface area contributed by atoms with Crippen molar-refractivity contribution in [2.24, 2.45) is 0 Å². The molecule has 1 aliphatic heterocycles. The van der Waals surface area contributed by atoms with Gasteiger partial charge in [0.05, 0.1) is 41.7 Å². The number of hydrogen-bond donors (Lipinski definition) is 1. The average molecular weight is 441 g/mol. The lowest BCUT2D eigenvalue weighted by Crippen LogP contribution is -2.33. The standard InChI is InChI=1S/C22H18F3N5O2/c1-32-20-10-14(4-5-27-20)18-11-19-17(3-2-6-30(19)29-18)28-21(31)15-7-13(12-26)8-16(9-15)22(23,24)25/h4-5,7-11,17H,2-3,6H2,1H3,(H,28,31)/t17-/m1/s1. The predicted molar refractivity (Wildman–Crippen MR) is 108 cm³/mol. The summed E-state index contributed by atoms with van der Waals surface area (Å²) < 4.78 is 46.4. The van der Waals surface area contributed by atoms with Crippen LogP contribution in [0.2, 0.25) is 0 Å². The molecule has 0 spiro atoms. The summed E-state index contributed by atoms with van der Waals surface area (Å²) in [6, 6.07) is 9.25. The second-order valence-electron chi connectivity index (χ2n) is 7.34. The smallest absolute Gasteiger partial charge is 0.416 e. The molecule has 1 aromatic carbocycles. The van der Waals surface area contributed by atoms with Crippen molar-refractivity contribution in [3.8, 4) is 23.2 Å². The maximum Gasteiger partial charge on any atom is 0.416 e. The summed E-state index contributed by atoms with van der Waals surface area (Å²) in [4.78, 5) is 16.9. The summed E-state index contributed by atoms with van der Waals surface area (Å²) in [6.45, 7) is 0.659. The van der Waals surface area contributed by atoms with E-state index in [0.717, 1.165) is 35.9 Å². The Morgan fingerprint density at radius 3 is 2.81 bits per heavy atom. The molecule has 1 atom stereocenters. The summed E-state index contributed by atoms with van der Waals surface area (Å²) in [7, 11) is 1.52. The van der Waals surface area contributed by atoms with Crippen molar-refractivity contribution in [1.82, 2.24) is 20.1 Å². The number of pyridine rings is 1. The second-order valence-corrected chi connectivity index (χ2v) is 7.34. The number of nitrogens with one attached hydrogen (secondary N) is 1. The topological polar surface area (TPSA) is 92.8 Å². The maximum absolute atomic E-state index is 13.2. The Bertz CT molecular complexity index is 1210. The predicted octanol–water partition coefficient (Wildman–Crippen LogP) is 4.11. The molecule has 1 amide bonds. The summed E-state index contributed by atoms with van der Waals surface area (Å²) in [5.41, 5.74) is 0.736. The summed E-state index contributed by atoms with van der Waals surface area (Å²) in [5.74, 6) is -0.240. The van der Waals surface area contributed by atoms with Gasteiger partial charge in [-0.05, 0) is 43.2 Å². The largest absolute Gasteiger partial charge is 0.481 e. The van der Waals surface area contributed by atoms with E-state index in [-0.39, 0.29) is 11.1 Å². The normalized spacial score (nSPS) is 15.5. The molecule has 0 saturated heterocycles. The van der Waals surface area contributed by atoms with Gasteiger partial charge in [-0.25, -0.2) is 4.98 Å². The first kappa shape index (κ1) is 21.4. The van der Waals surface area contributed by atoms with E-state index < -0.39 is 23.7 Å². The van der Waals surface area contributed by atoms with Gasteiger partial charge in [-0.2, -0.15) is 23.5 Å². The fourth-order valence-corrected chi connectivity index (χ4v) is 3.68. The van der Waals surface area contributed by atoms with Crippen molar-refractivity contribution in [3.63, 3.8) is 0 Å². The number of carbonyl (C=O) groups is 1. The Hall–Kier alpha value is -3.87. The van der Waals surface area contributed by atoms with Gasteiger partial charge in [0.1, 0.15) is 0 Å². The van der Waals surface area contributed by atoms with E-state index in [1.807, 2.05) is 6.07 Å². The zero-order valence-corrected chi connectivity index (χ0v) is 17.0. The quantitative estimate of drug-likeness (QED) is 0.658. The van der Waals surface area contributed by atoms with Gasteiger partial charge in [0.2, 0.25) is 5.88 Å². The lowest BCUT2D eigenvalue weighted by atomic mass is 10.0. The molecule has 10 heteroatoms. The molecule has 32 heavy (non-hydrogen) atoms. The highest BCUT2D eigenvalue weighted by Crippen LogP contribution is 2.32. The fraction of sp³-hybridized carbons (Fsp3) is 0.273. The number of alkyl halides is 3. The first-order chi connectivity index (χ1) is 15.3. The number of methoxy groups -OCH3 is 1. The van der Waals surface area contributed by atoms with Gasteiger partial charge in [-0.3, -0.25) is 9.48 Å². The molecule has 164 valence electrons. The molecule has 1 aliphatic rings. The van der Waals surface area contributed by atoms with Crippen LogP contribution < -0.4 is 10.1 Å². The van der Waals surface area contributed by atoms with E-state index >= 15 is 0 Å². The van der Waals surface area contributed by atoms with Gasteiger partial charge in [-0.1, -0.05) is 0 Å². The van der Waals surface area contributed by atoms with Crippen LogP contribution in [0, 0.1) is 11.3 Å². The number of hydrogen-bond acceptors (Lipinski definition) is 5. The number of nitriles is 1. The molecular weight excluding hydrogens is 423 g/mol. The van der Waals surface area contributed by atoms with Gasteiger partial charge in [-0.15, -0.1) is 0 Å². The zero-order valence-electron chi connectivity index (χ0n) is 17.0. The van der Waals surface area contributed by atoms with Crippen molar-refractivity contribution in [2.75, 3.05) is 7.11 Å². The number of nitrogens with zero attached hydrogens (tertiary/aromatic N) is 4. The van der Waals surface area contributed by atoms with Gasteiger partial charge in [0.25, 0.3) is 5.91 Å². The highest BCUT2D eigenvalue weighted by atomic mass is 19.4. The van der Waals surface area contributed by atoms with Gasteiger partial charge in [0, 0.05) is 29.9 Å². The number of benzene rings is 1. The first-order valence-corrected chi connectivity index (χ1v) is 9.80. The Morgan fingerprint density at radius 2 is 2.09 bits per heavy atom. The van der Waals surface area contributed by atoms with Gasteiger partial charge < -0.3 is 10.1 Å². The number of aryl methyl sites for hydroxylation is 1. The number of fused-ring (bicyclic) bond motifs is 1. The zero-order chi connectivity index (χ0) is 22.9. The molecule has 0 aliphatic carbocycles. The molecule has 0 fully saturated rings. The SMILES string of the molecule is COc1cc(-c2cc3n(n2)CCC[C@H]3NC(=O)c2cc(C#N)cc(C(F)(F)F)c2)ccn1. The van der Waals surface area contributed by atoms with Crippen LogP contribution in [0.3, 0.4) is 0 Å². The minimum absolute atomic E-state index is 0.216. The van der Waals surface area contributed by atoms with E-state index in [1.165, 1.54) is 7.11 Å². The summed E-state index contributed by atoms with van der Waals surface area (Å²) in [6.07, 6.45) is -1.70. The summed E-state index contributed by atoms with van der Waals surface area (Å²) in [5, 5.41) is 16.4. The molecule has 0 bridgehead atoms. The van der Waals surface area contributed by atoms with Crippen molar-refractivity contribution in [3.05, 3.63) is 65.0 Å². The van der Waals surface area contributed by atoms with Crippen LogP contribution >= 0.6 is 0 Å². The van der Waals surface area contributed by atoms with Gasteiger partial charge in [0.15, 0.2) is 0 Å². The monoisotopic (exact) mass is 441 g/mol. The minimum atomic E-state index is -4.66. The molecule has 2 aromatic heterocycles. The van der Waals surface area contributed by atoms with E-state index in [1.54, 1.807) is 29.1 Å². The van der Waals surface area contributed by atoms with E-state index in [9.17, 15) is 18.0 Å². The van der Waals surface area contributed by atoms with Crippen LogP contribution in [0.5, 0.6) is 5.88 Å². The Morgan fingerprint density at radius 1 is 1.28 bits per heavy atom. The van der Waals surface area contributed by atoms with Crippen LogP contribution in [-0.4, -0.2) is 27.8 Å². The third kappa shape index (κ3) is 4.27. The summed E-state index contributed by atoms with van der Waals surface area (Å²) >= 11 is 0. The third-order valence-corrected chi connectivity index (χ3v) is 5.23. The average Bonchev–Trinajstić information content (AvgIpc) is 3.23. The first-order valence-electron chi connectivity index (χ1n) is 9.80. The van der Waals surface area contributed by atoms with E-state index in [4.69, 9.17) is 10.00 Å². The number of aromatic nitrogens is 3. The Balaban J connectivity index is 1.61. The number of carbonyl (C=O) groups excluding carboxylic acids is 1. The number of amides is 1. The highest BCUT2D eigenvalue weighted by molar-refractivity contribution is 5.95. The molecule has 3 heterocycles. The van der Waals surface area contributed by atoms with E-state index in [2.05, 4.69) is 15.4 Å². The van der Waals surface area contributed by atoms with E-state index in [0.29, 0.717) is 24.5 Å². The minimum Gasteiger partial charge on any atom is -0.481 e. The lowest BCUT2D eigenvalue weighted by Gasteiger charge is -2.24. The van der Waals surface area contributed by atoms with Gasteiger partial charge >= 0.3 is 6.18 Å². The number of ether oxygens (including phenoxy) is 1. The molecule has 0 saturated carbocycles. The van der Waals surface area contributed by atoms with Crippen LogP contribution in [0.25, 0.3) is 11.3 Å². The number of rotatable bonds is 4. The third-order valence-electron chi connectivity index (χ3n) is 5.23. The number of halogens is 3. The van der Waals surface area contributed by atoms with Crippen molar-refractivity contribution < 1.29 is 22.7 Å². The lowest BCUT2D eigenvalue weighted by molar-refractivity contribution is -0.137. The van der Waals surface area contributed by atoms with Crippen molar-refractivity contribution >= 4 is 5.91 Å². The molecule has 0 unspecified atom stereocenters. The molecule has 1 N–H and O–H groups in total. The highest BCUT2D eigenvalue weighted by Gasteiger charge is 2.32. The second kappa shape index (κ2) is 8.34.